The molecule has 0 radical (unpaired) electrons. The number of anilines is 1. The van der Waals surface area contributed by atoms with Crippen molar-refractivity contribution in [1.82, 2.24) is 9.78 Å². The average Bonchev–Trinajstić information content (AvgIpc) is 2.67. The molecule has 0 atom stereocenters. The fourth-order valence-electron chi connectivity index (χ4n) is 2.73. The maximum absolute atomic E-state index is 6.21. The predicted octanol–water partition coefficient (Wildman–Crippen LogP) is 2.70. The lowest BCUT2D eigenvalue weighted by atomic mass is 9.98. The SMILES string of the molecule is Cc1cccc(Cn2nc3c(c2N)CCCC3)c1. The first-order valence-electron chi connectivity index (χ1n) is 6.63. The van der Waals surface area contributed by atoms with Crippen LogP contribution in [0.4, 0.5) is 5.82 Å². The van der Waals surface area contributed by atoms with Crippen LogP contribution in [0.1, 0.15) is 35.2 Å². The number of nitrogen functional groups attached to an aromatic ring is 1. The van der Waals surface area contributed by atoms with Gasteiger partial charge in [-0.2, -0.15) is 5.10 Å². The van der Waals surface area contributed by atoms with Gasteiger partial charge in [0.1, 0.15) is 5.82 Å². The summed E-state index contributed by atoms with van der Waals surface area (Å²) in [5.41, 5.74) is 11.3. The smallest absolute Gasteiger partial charge is 0.125 e. The van der Waals surface area contributed by atoms with Crippen molar-refractivity contribution in [2.75, 3.05) is 5.73 Å². The van der Waals surface area contributed by atoms with E-state index in [9.17, 15) is 0 Å². The first-order chi connectivity index (χ1) is 8.74. The molecule has 0 amide bonds. The first kappa shape index (κ1) is 11.3. The molecule has 2 N–H and O–H groups in total. The van der Waals surface area contributed by atoms with E-state index in [1.54, 1.807) is 0 Å². The van der Waals surface area contributed by atoms with E-state index < -0.39 is 0 Å². The van der Waals surface area contributed by atoms with Crippen molar-refractivity contribution >= 4 is 5.82 Å². The molecule has 18 heavy (non-hydrogen) atoms. The van der Waals surface area contributed by atoms with Crippen LogP contribution in [-0.2, 0) is 19.4 Å². The largest absolute Gasteiger partial charge is 0.384 e. The second kappa shape index (κ2) is 4.48. The quantitative estimate of drug-likeness (QED) is 0.878. The highest BCUT2D eigenvalue weighted by molar-refractivity contribution is 5.45. The topological polar surface area (TPSA) is 43.8 Å². The number of nitrogens with two attached hydrogens (primary N) is 1. The first-order valence-corrected chi connectivity index (χ1v) is 6.63. The second-order valence-corrected chi connectivity index (χ2v) is 5.16. The highest BCUT2D eigenvalue weighted by Crippen LogP contribution is 2.26. The minimum atomic E-state index is 0.778. The van der Waals surface area contributed by atoms with Gasteiger partial charge in [0.25, 0.3) is 0 Å². The molecule has 1 heterocycles. The summed E-state index contributed by atoms with van der Waals surface area (Å²) in [5, 5.41) is 4.67. The summed E-state index contributed by atoms with van der Waals surface area (Å²) in [6.45, 7) is 2.89. The van der Waals surface area contributed by atoms with Gasteiger partial charge >= 0.3 is 0 Å². The number of aromatic nitrogens is 2. The number of benzene rings is 1. The van der Waals surface area contributed by atoms with Gasteiger partial charge in [-0.1, -0.05) is 29.8 Å². The third kappa shape index (κ3) is 2.01. The van der Waals surface area contributed by atoms with Gasteiger partial charge in [0, 0.05) is 5.56 Å². The van der Waals surface area contributed by atoms with Gasteiger partial charge in [0.2, 0.25) is 0 Å². The predicted molar refractivity (Wildman–Crippen MR) is 73.6 cm³/mol. The molecule has 0 spiro atoms. The van der Waals surface area contributed by atoms with Crippen LogP contribution in [0.2, 0.25) is 0 Å². The fraction of sp³-hybridized carbons (Fsp3) is 0.400. The van der Waals surface area contributed by atoms with E-state index in [-0.39, 0.29) is 0 Å². The van der Waals surface area contributed by atoms with E-state index in [2.05, 4.69) is 36.3 Å². The van der Waals surface area contributed by atoms with Crippen molar-refractivity contribution in [2.45, 2.75) is 39.2 Å². The van der Waals surface area contributed by atoms with Crippen molar-refractivity contribution in [2.24, 2.45) is 0 Å². The Labute approximate surface area is 108 Å². The number of nitrogens with zero attached hydrogens (tertiary/aromatic N) is 2. The Hall–Kier alpha value is -1.77. The van der Waals surface area contributed by atoms with E-state index in [1.807, 2.05) is 4.68 Å². The Morgan fingerprint density at radius 2 is 2.11 bits per heavy atom. The molecule has 0 bridgehead atoms. The van der Waals surface area contributed by atoms with Crippen molar-refractivity contribution in [3.63, 3.8) is 0 Å². The monoisotopic (exact) mass is 241 g/mol. The third-order valence-corrected chi connectivity index (χ3v) is 3.68. The van der Waals surface area contributed by atoms with Gasteiger partial charge in [-0.15, -0.1) is 0 Å². The highest BCUT2D eigenvalue weighted by Gasteiger charge is 2.18. The fourth-order valence-corrected chi connectivity index (χ4v) is 2.73. The summed E-state index contributed by atoms with van der Waals surface area (Å²) in [7, 11) is 0. The van der Waals surface area contributed by atoms with Gasteiger partial charge in [-0.05, 0) is 38.2 Å². The summed E-state index contributed by atoms with van der Waals surface area (Å²) in [6.07, 6.45) is 4.66. The van der Waals surface area contributed by atoms with Crippen molar-refractivity contribution in [3.8, 4) is 0 Å². The number of hydrogen-bond donors (Lipinski definition) is 1. The molecule has 0 saturated carbocycles. The van der Waals surface area contributed by atoms with Crippen LogP contribution in [-0.4, -0.2) is 9.78 Å². The molecule has 2 aromatic rings. The van der Waals surface area contributed by atoms with Crippen molar-refractivity contribution < 1.29 is 0 Å². The van der Waals surface area contributed by atoms with Gasteiger partial charge < -0.3 is 5.73 Å². The lowest BCUT2D eigenvalue weighted by Gasteiger charge is -2.08. The molecule has 1 aliphatic carbocycles. The molecular formula is C15H19N3. The van der Waals surface area contributed by atoms with Crippen LogP contribution in [0.5, 0.6) is 0 Å². The summed E-state index contributed by atoms with van der Waals surface area (Å²) < 4.78 is 1.96. The van der Waals surface area contributed by atoms with Crippen LogP contribution >= 0.6 is 0 Å². The molecule has 1 aromatic heterocycles. The number of aryl methyl sites for hydroxylation is 2. The highest BCUT2D eigenvalue weighted by atomic mass is 15.3. The standard InChI is InChI=1S/C15H19N3/c1-11-5-4-6-12(9-11)10-18-15(16)13-7-2-3-8-14(13)17-18/h4-6,9H,2-3,7-8,10,16H2,1H3. The maximum Gasteiger partial charge on any atom is 0.125 e. The summed E-state index contributed by atoms with van der Waals surface area (Å²) in [5.74, 6) is 0.867. The van der Waals surface area contributed by atoms with Crippen molar-refractivity contribution in [3.05, 3.63) is 46.6 Å². The van der Waals surface area contributed by atoms with E-state index in [4.69, 9.17) is 5.73 Å². The number of rotatable bonds is 2. The summed E-state index contributed by atoms with van der Waals surface area (Å²) >= 11 is 0. The van der Waals surface area contributed by atoms with Crippen LogP contribution in [0.15, 0.2) is 24.3 Å². The van der Waals surface area contributed by atoms with Crippen molar-refractivity contribution in [1.29, 1.82) is 0 Å². The minimum absolute atomic E-state index is 0.778. The number of fused-ring (bicyclic) bond motifs is 1. The summed E-state index contributed by atoms with van der Waals surface area (Å²) in [4.78, 5) is 0. The molecule has 3 nitrogen and oxygen atoms in total. The molecule has 0 fully saturated rings. The van der Waals surface area contributed by atoms with E-state index in [0.29, 0.717) is 0 Å². The Morgan fingerprint density at radius 3 is 2.89 bits per heavy atom. The third-order valence-electron chi connectivity index (χ3n) is 3.68. The maximum atomic E-state index is 6.21. The second-order valence-electron chi connectivity index (χ2n) is 5.16. The van der Waals surface area contributed by atoms with Crippen LogP contribution < -0.4 is 5.73 Å². The zero-order valence-electron chi connectivity index (χ0n) is 10.8. The molecule has 0 saturated heterocycles. The van der Waals surface area contributed by atoms with Crippen LogP contribution in [0.25, 0.3) is 0 Å². The Kier molecular flexibility index (Phi) is 2.82. The molecular weight excluding hydrogens is 222 g/mol. The molecule has 1 aliphatic rings. The Bertz CT molecular complexity index is 569. The molecule has 3 heteroatoms. The van der Waals surface area contributed by atoms with Gasteiger partial charge in [0.15, 0.2) is 0 Å². The van der Waals surface area contributed by atoms with Gasteiger partial charge in [-0.3, -0.25) is 0 Å². The van der Waals surface area contributed by atoms with Gasteiger partial charge in [-0.25, -0.2) is 4.68 Å². The average molecular weight is 241 g/mol. The zero-order chi connectivity index (χ0) is 12.5. The van der Waals surface area contributed by atoms with E-state index >= 15 is 0 Å². The molecule has 0 aliphatic heterocycles. The van der Waals surface area contributed by atoms with Gasteiger partial charge in [0.05, 0.1) is 12.2 Å². The Morgan fingerprint density at radius 1 is 1.28 bits per heavy atom. The number of hydrogen-bond acceptors (Lipinski definition) is 2. The molecule has 3 rings (SSSR count). The summed E-state index contributed by atoms with van der Waals surface area (Å²) in [6, 6.07) is 8.53. The van der Waals surface area contributed by atoms with E-state index in [1.165, 1.54) is 35.2 Å². The minimum Gasteiger partial charge on any atom is -0.384 e. The lowest BCUT2D eigenvalue weighted by Crippen LogP contribution is -2.06. The zero-order valence-corrected chi connectivity index (χ0v) is 10.8. The molecule has 1 aromatic carbocycles. The molecule has 0 unspecified atom stereocenters. The van der Waals surface area contributed by atoms with Crippen LogP contribution in [0, 0.1) is 6.92 Å². The van der Waals surface area contributed by atoms with E-state index in [0.717, 1.165) is 25.2 Å². The lowest BCUT2D eigenvalue weighted by molar-refractivity contribution is 0.647. The van der Waals surface area contributed by atoms with Crippen LogP contribution in [0.3, 0.4) is 0 Å². The Balaban J connectivity index is 1.91. The normalized spacial score (nSPS) is 14.5. The molecule has 94 valence electrons.